The van der Waals surface area contributed by atoms with E-state index in [1.807, 2.05) is 6.92 Å². The zero-order valence-electron chi connectivity index (χ0n) is 10.1. The summed E-state index contributed by atoms with van der Waals surface area (Å²) in [6.45, 7) is 1.87. The van der Waals surface area contributed by atoms with Gasteiger partial charge in [0.25, 0.3) is 5.91 Å². The summed E-state index contributed by atoms with van der Waals surface area (Å²) in [5.41, 5.74) is 2.28. The van der Waals surface area contributed by atoms with Gasteiger partial charge in [-0.05, 0) is 24.6 Å². The number of hydrogen-bond acceptors (Lipinski definition) is 3. The van der Waals surface area contributed by atoms with Gasteiger partial charge >= 0.3 is 0 Å². The zero-order chi connectivity index (χ0) is 13.0. The number of H-pyrrole nitrogens is 1. The molecule has 1 atom stereocenters. The second-order valence-corrected chi connectivity index (χ2v) is 4.08. The van der Waals surface area contributed by atoms with E-state index in [9.17, 15) is 4.79 Å². The van der Waals surface area contributed by atoms with Gasteiger partial charge in [-0.25, -0.2) is 0 Å². The standard InChI is InChI=1S/C13H15N3O2/c1-9(12-6-14-15-7-12)16-13(18)11-4-2-10(8-17)3-5-11/h2-7,9,17H,8H2,1H3,(H,14,15)(H,16,18). The number of hydrogen-bond donors (Lipinski definition) is 3. The van der Waals surface area contributed by atoms with Gasteiger partial charge in [0.15, 0.2) is 0 Å². The van der Waals surface area contributed by atoms with Crippen LogP contribution in [0.5, 0.6) is 0 Å². The molecule has 0 saturated carbocycles. The molecule has 0 radical (unpaired) electrons. The molecular formula is C13H15N3O2. The van der Waals surface area contributed by atoms with Crippen LogP contribution in [0.15, 0.2) is 36.7 Å². The maximum absolute atomic E-state index is 11.9. The van der Waals surface area contributed by atoms with Crippen molar-refractivity contribution in [1.82, 2.24) is 15.5 Å². The second-order valence-electron chi connectivity index (χ2n) is 4.08. The Kier molecular flexibility index (Phi) is 3.74. The van der Waals surface area contributed by atoms with Gasteiger partial charge in [-0.3, -0.25) is 9.89 Å². The molecule has 0 aliphatic carbocycles. The number of benzene rings is 1. The fourth-order valence-electron chi connectivity index (χ4n) is 1.62. The first-order valence-corrected chi connectivity index (χ1v) is 5.70. The first-order valence-electron chi connectivity index (χ1n) is 5.70. The first kappa shape index (κ1) is 12.3. The smallest absolute Gasteiger partial charge is 0.251 e. The third kappa shape index (κ3) is 2.75. The molecule has 5 nitrogen and oxygen atoms in total. The van der Waals surface area contributed by atoms with Gasteiger partial charge in [0.05, 0.1) is 18.8 Å². The predicted molar refractivity (Wildman–Crippen MR) is 66.8 cm³/mol. The van der Waals surface area contributed by atoms with Crippen molar-refractivity contribution in [2.24, 2.45) is 0 Å². The summed E-state index contributed by atoms with van der Waals surface area (Å²) in [5.74, 6) is -0.145. The lowest BCUT2D eigenvalue weighted by atomic mass is 10.1. The van der Waals surface area contributed by atoms with Crippen LogP contribution >= 0.6 is 0 Å². The lowest BCUT2D eigenvalue weighted by Crippen LogP contribution is -2.26. The number of nitrogens with one attached hydrogen (secondary N) is 2. The molecular weight excluding hydrogens is 230 g/mol. The summed E-state index contributed by atoms with van der Waals surface area (Å²) in [7, 11) is 0. The maximum Gasteiger partial charge on any atom is 0.251 e. The molecule has 18 heavy (non-hydrogen) atoms. The highest BCUT2D eigenvalue weighted by Crippen LogP contribution is 2.11. The van der Waals surface area contributed by atoms with Crippen LogP contribution in [0.2, 0.25) is 0 Å². The van der Waals surface area contributed by atoms with E-state index in [-0.39, 0.29) is 18.6 Å². The second kappa shape index (κ2) is 5.46. The Morgan fingerprint density at radius 2 is 2.17 bits per heavy atom. The highest BCUT2D eigenvalue weighted by atomic mass is 16.3. The molecule has 94 valence electrons. The van der Waals surface area contributed by atoms with Crippen LogP contribution < -0.4 is 5.32 Å². The average molecular weight is 245 g/mol. The van der Waals surface area contributed by atoms with Crippen LogP contribution in [-0.2, 0) is 6.61 Å². The van der Waals surface area contributed by atoms with E-state index >= 15 is 0 Å². The highest BCUT2D eigenvalue weighted by molar-refractivity contribution is 5.94. The minimum Gasteiger partial charge on any atom is -0.392 e. The van der Waals surface area contributed by atoms with E-state index in [0.29, 0.717) is 5.56 Å². The van der Waals surface area contributed by atoms with Gasteiger partial charge in [-0.1, -0.05) is 12.1 Å². The summed E-state index contributed by atoms with van der Waals surface area (Å²) in [6.07, 6.45) is 3.43. The Balaban J connectivity index is 2.03. The van der Waals surface area contributed by atoms with Crippen molar-refractivity contribution in [3.05, 3.63) is 53.3 Å². The minimum absolute atomic E-state index is 0.0205. The van der Waals surface area contributed by atoms with E-state index in [0.717, 1.165) is 11.1 Å². The maximum atomic E-state index is 11.9. The molecule has 1 heterocycles. The number of amides is 1. The summed E-state index contributed by atoms with van der Waals surface area (Å²) < 4.78 is 0. The van der Waals surface area contributed by atoms with E-state index in [4.69, 9.17) is 5.11 Å². The summed E-state index contributed by atoms with van der Waals surface area (Å²) in [5, 5.41) is 18.4. The molecule has 3 N–H and O–H groups in total. The quantitative estimate of drug-likeness (QED) is 0.761. The van der Waals surface area contributed by atoms with Crippen molar-refractivity contribution in [3.63, 3.8) is 0 Å². The number of aromatic amines is 1. The zero-order valence-corrected chi connectivity index (χ0v) is 10.1. The number of nitrogens with zero attached hydrogens (tertiary/aromatic N) is 1. The molecule has 1 aromatic carbocycles. The van der Waals surface area contributed by atoms with Crippen molar-refractivity contribution in [2.75, 3.05) is 0 Å². The van der Waals surface area contributed by atoms with Gasteiger partial charge in [-0.15, -0.1) is 0 Å². The lowest BCUT2D eigenvalue weighted by molar-refractivity contribution is 0.0940. The molecule has 0 aliphatic rings. The van der Waals surface area contributed by atoms with Crippen molar-refractivity contribution >= 4 is 5.91 Å². The van der Waals surface area contributed by atoms with Gasteiger partial charge < -0.3 is 10.4 Å². The van der Waals surface area contributed by atoms with Crippen LogP contribution in [-0.4, -0.2) is 21.2 Å². The SMILES string of the molecule is CC(NC(=O)c1ccc(CO)cc1)c1cn[nH]c1. The number of aliphatic hydroxyl groups excluding tert-OH is 1. The highest BCUT2D eigenvalue weighted by Gasteiger charge is 2.11. The molecule has 0 saturated heterocycles. The molecule has 0 bridgehead atoms. The normalized spacial score (nSPS) is 12.1. The van der Waals surface area contributed by atoms with Crippen molar-refractivity contribution in [2.45, 2.75) is 19.6 Å². The Morgan fingerprint density at radius 3 is 2.72 bits per heavy atom. The molecule has 0 aliphatic heterocycles. The number of carbonyl (C=O) groups excluding carboxylic acids is 1. The third-order valence-electron chi connectivity index (χ3n) is 2.77. The van der Waals surface area contributed by atoms with Gasteiger partial charge in [0.2, 0.25) is 0 Å². The lowest BCUT2D eigenvalue weighted by Gasteiger charge is -2.12. The Bertz CT molecular complexity index is 506. The number of carbonyl (C=O) groups is 1. The largest absolute Gasteiger partial charge is 0.392 e. The van der Waals surface area contributed by atoms with Crippen molar-refractivity contribution < 1.29 is 9.90 Å². The van der Waals surface area contributed by atoms with Crippen LogP contribution in [0.4, 0.5) is 0 Å². The fraction of sp³-hybridized carbons (Fsp3) is 0.231. The number of rotatable bonds is 4. The third-order valence-corrected chi connectivity index (χ3v) is 2.77. The van der Waals surface area contributed by atoms with E-state index in [1.165, 1.54) is 0 Å². The fourth-order valence-corrected chi connectivity index (χ4v) is 1.62. The van der Waals surface area contributed by atoms with Crippen LogP contribution in [0.1, 0.15) is 34.5 Å². The molecule has 5 heteroatoms. The first-order chi connectivity index (χ1) is 8.70. The van der Waals surface area contributed by atoms with E-state index in [2.05, 4.69) is 15.5 Å². The molecule has 1 amide bonds. The van der Waals surface area contributed by atoms with Crippen LogP contribution in [0, 0.1) is 0 Å². The van der Waals surface area contributed by atoms with Crippen molar-refractivity contribution in [1.29, 1.82) is 0 Å². The topological polar surface area (TPSA) is 78.0 Å². The molecule has 2 aromatic rings. The van der Waals surface area contributed by atoms with E-state index in [1.54, 1.807) is 36.7 Å². The van der Waals surface area contributed by atoms with Gasteiger partial charge in [-0.2, -0.15) is 5.10 Å². The summed E-state index contributed by atoms with van der Waals surface area (Å²) in [6, 6.07) is 6.76. The van der Waals surface area contributed by atoms with Crippen LogP contribution in [0.3, 0.4) is 0 Å². The molecule has 0 spiro atoms. The predicted octanol–water partition coefficient (Wildman–Crippen LogP) is 1.39. The average Bonchev–Trinajstić information content (AvgIpc) is 2.92. The minimum atomic E-state index is -0.145. The van der Waals surface area contributed by atoms with Gasteiger partial charge in [0, 0.05) is 17.3 Å². The summed E-state index contributed by atoms with van der Waals surface area (Å²) >= 11 is 0. The molecule has 1 aromatic heterocycles. The number of aliphatic hydroxyl groups is 1. The van der Waals surface area contributed by atoms with E-state index < -0.39 is 0 Å². The monoisotopic (exact) mass is 245 g/mol. The Labute approximate surface area is 105 Å². The number of aromatic nitrogens is 2. The Morgan fingerprint density at radius 1 is 1.44 bits per heavy atom. The van der Waals surface area contributed by atoms with Gasteiger partial charge in [0.1, 0.15) is 0 Å². The Hall–Kier alpha value is -2.14. The molecule has 1 unspecified atom stereocenters. The molecule has 2 rings (SSSR count). The molecule has 0 fully saturated rings. The van der Waals surface area contributed by atoms with Crippen LogP contribution in [0.25, 0.3) is 0 Å². The van der Waals surface area contributed by atoms with Crippen molar-refractivity contribution in [3.8, 4) is 0 Å². The summed E-state index contributed by atoms with van der Waals surface area (Å²) in [4.78, 5) is 11.9.